The molecule has 0 saturated carbocycles. The van der Waals surface area contributed by atoms with Crippen LogP contribution in [0.15, 0.2) is 78.9 Å². The minimum atomic E-state index is -0.960. The standard InChI is InChI=1S/C29H23N3O3/c30-14-15-35-26-13-7-4-10-21(26)16-22-18-32(17-20-8-2-1-3-9-20)19-24-27(29(33)34)23-11-5-6-12-25(23)31-28(22)24/h1-13,16H,15,17-19H2,(H,33,34)/b22-16+. The zero-order valence-electron chi connectivity index (χ0n) is 19.0. The largest absolute Gasteiger partial charge is 0.478 e. The highest BCUT2D eigenvalue weighted by atomic mass is 16.5. The molecule has 0 unspecified atom stereocenters. The average molecular weight is 462 g/mol. The number of aromatic nitrogens is 1. The molecule has 0 radical (unpaired) electrons. The van der Waals surface area contributed by atoms with Crippen LogP contribution in [-0.4, -0.2) is 34.1 Å². The highest BCUT2D eigenvalue weighted by Crippen LogP contribution is 2.35. The lowest BCUT2D eigenvalue weighted by atomic mass is 9.91. The number of carboxylic acids is 1. The highest BCUT2D eigenvalue weighted by Gasteiger charge is 2.28. The van der Waals surface area contributed by atoms with Gasteiger partial charge in [0.2, 0.25) is 0 Å². The molecule has 35 heavy (non-hydrogen) atoms. The Bertz CT molecular complexity index is 1470. The van der Waals surface area contributed by atoms with E-state index in [0.717, 1.165) is 16.7 Å². The summed E-state index contributed by atoms with van der Waals surface area (Å²) >= 11 is 0. The van der Waals surface area contributed by atoms with Crippen LogP contribution in [0.4, 0.5) is 0 Å². The number of para-hydroxylation sites is 2. The van der Waals surface area contributed by atoms with E-state index in [0.29, 0.717) is 53.1 Å². The third-order valence-electron chi connectivity index (χ3n) is 6.08. The number of ether oxygens (including phenoxy) is 1. The zero-order chi connectivity index (χ0) is 24.2. The third kappa shape index (κ3) is 4.63. The Morgan fingerprint density at radius 3 is 2.57 bits per heavy atom. The highest BCUT2D eigenvalue weighted by molar-refractivity contribution is 6.06. The molecule has 1 aliphatic rings. The number of fused-ring (bicyclic) bond motifs is 2. The minimum Gasteiger partial charge on any atom is -0.478 e. The topological polar surface area (TPSA) is 86.5 Å². The first-order valence-corrected chi connectivity index (χ1v) is 11.3. The lowest BCUT2D eigenvalue weighted by Gasteiger charge is -2.31. The molecular formula is C29H23N3O3. The van der Waals surface area contributed by atoms with Gasteiger partial charge in [0.05, 0.1) is 16.8 Å². The van der Waals surface area contributed by atoms with Crippen molar-refractivity contribution in [1.82, 2.24) is 9.88 Å². The number of rotatable bonds is 6. The maximum atomic E-state index is 12.5. The van der Waals surface area contributed by atoms with Crippen LogP contribution in [0.3, 0.4) is 0 Å². The fourth-order valence-corrected chi connectivity index (χ4v) is 4.61. The first kappa shape index (κ1) is 22.3. The second-order valence-electron chi connectivity index (χ2n) is 8.42. The lowest BCUT2D eigenvalue weighted by molar-refractivity contribution is 0.0696. The fraction of sp³-hybridized carbons (Fsp3) is 0.138. The molecule has 172 valence electrons. The third-order valence-corrected chi connectivity index (χ3v) is 6.08. The SMILES string of the molecule is N#CCOc1ccccc1/C=C1\CN(Cc2ccccc2)Cc2c1nc1ccccc1c2C(=O)O. The fourth-order valence-electron chi connectivity index (χ4n) is 4.61. The molecule has 0 spiro atoms. The van der Waals surface area contributed by atoms with Crippen LogP contribution in [-0.2, 0) is 13.1 Å². The molecule has 6 nitrogen and oxygen atoms in total. The van der Waals surface area contributed by atoms with Gasteiger partial charge < -0.3 is 9.84 Å². The Morgan fingerprint density at radius 1 is 1.03 bits per heavy atom. The van der Waals surface area contributed by atoms with Crippen LogP contribution in [0.5, 0.6) is 5.75 Å². The molecule has 1 aromatic heterocycles. The molecule has 3 aromatic carbocycles. The van der Waals surface area contributed by atoms with E-state index in [4.69, 9.17) is 15.0 Å². The van der Waals surface area contributed by atoms with Gasteiger partial charge in [-0.15, -0.1) is 0 Å². The van der Waals surface area contributed by atoms with Gasteiger partial charge in [-0.05, 0) is 29.3 Å². The minimum absolute atomic E-state index is 0.0526. The van der Waals surface area contributed by atoms with Crippen LogP contribution >= 0.6 is 0 Å². The van der Waals surface area contributed by atoms with Crippen molar-refractivity contribution in [2.24, 2.45) is 0 Å². The number of hydrogen-bond acceptors (Lipinski definition) is 5. The van der Waals surface area contributed by atoms with Gasteiger partial charge in [0.15, 0.2) is 6.61 Å². The van der Waals surface area contributed by atoms with E-state index >= 15 is 0 Å². The van der Waals surface area contributed by atoms with E-state index in [9.17, 15) is 9.90 Å². The Balaban J connectivity index is 1.68. The normalized spacial score (nSPS) is 14.4. The molecule has 0 fully saturated rings. The van der Waals surface area contributed by atoms with Crippen LogP contribution in [0.1, 0.15) is 32.7 Å². The number of carboxylic acid groups (broad SMARTS) is 1. The molecule has 0 aliphatic carbocycles. The molecule has 1 N–H and O–H groups in total. The summed E-state index contributed by atoms with van der Waals surface area (Å²) in [5, 5.41) is 19.8. The molecule has 5 rings (SSSR count). The first-order chi connectivity index (χ1) is 17.1. The number of benzene rings is 3. The molecule has 1 aliphatic heterocycles. The van der Waals surface area contributed by atoms with Crippen LogP contribution in [0.2, 0.25) is 0 Å². The van der Waals surface area contributed by atoms with Gasteiger partial charge in [-0.25, -0.2) is 9.78 Å². The van der Waals surface area contributed by atoms with Gasteiger partial charge in [-0.1, -0.05) is 66.7 Å². The first-order valence-electron chi connectivity index (χ1n) is 11.3. The van der Waals surface area contributed by atoms with Crippen LogP contribution < -0.4 is 4.74 Å². The van der Waals surface area contributed by atoms with E-state index in [1.165, 1.54) is 0 Å². The van der Waals surface area contributed by atoms with Gasteiger partial charge in [-0.3, -0.25) is 4.90 Å². The van der Waals surface area contributed by atoms with Crippen molar-refractivity contribution < 1.29 is 14.6 Å². The summed E-state index contributed by atoms with van der Waals surface area (Å²) in [4.78, 5) is 19.6. The van der Waals surface area contributed by atoms with Gasteiger partial charge in [0.25, 0.3) is 0 Å². The number of nitrogens with zero attached hydrogens (tertiary/aromatic N) is 3. The molecule has 4 aromatic rings. The predicted octanol–water partition coefficient (Wildman–Crippen LogP) is 5.39. The molecule has 0 saturated heterocycles. The van der Waals surface area contributed by atoms with Gasteiger partial charge in [0.1, 0.15) is 11.8 Å². The summed E-state index contributed by atoms with van der Waals surface area (Å²) in [5.41, 5.74) is 5.23. The maximum Gasteiger partial charge on any atom is 0.336 e. The van der Waals surface area contributed by atoms with Crippen molar-refractivity contribution >= 4 is 28.5 Å². The molecule has 0 bridgehead atoms. The number of hydrogen-bond donors (Lipinski definition) is 1. The Hall–Kier alpha value is -4.47. The second kappa shape index (κ2) is 9.80. The van der Waals surface area contributed by atoms with Crippen molar-refractivity contribution in [3.63, 3.8) is 0 Å². The van der Waals surface area contributed by atoms with E-state index in [1.54, 1.807) is 0 Å². The van der Waals surface area contributed by atoms with Crippen molar-refractivity contribution in [3.05, 3.63) is 107 Å². The predicted molar refractivity (Wildman–Crippen MR) is 135 cm³/mol. The van der Waals surface area contributed by atoms with Crippen molar-refractivity contribution in [3.8, 4) is 11.8 Å². The number of pyridine rings is 1. The average Bonchev–Trinajstić information content (AvgIpc) is 2.87. The second-order valence-corrected chi connectivity index (χ2v) is 8.42. The Kier molecular flexibility index (Phi) is 6.25. The van der Waals surface area contributed by atoms with E-state index in [1.807, 2.05) is 78.9 Å². The molecule has 0 atom stereocenters. The van der Waals surface area contributed by atoms with Crippen molar-refractivity contribution in [2.75, 3.05) is 13.2 Å². The summed E-state index contributed by atoms with van der Waals surface area (Å²) in [6.45, 7) is 1.70. The van der Waals surface area contributed by atoms with Crippen molar-refractivity contribution in [1.29, 1.82) is 5.26 Å². The van der Waals surface area contributed by atoms with Gasteiger partial charge in [-0.2, -0.15) is 5.26 Å². The maximum absolute atomic E-state index is 12.5. The van der Waals surface area contributed by atoms with Gasteiger partial charge >= 0.3 is 5.97 Å². The smallest absolute Gasteiger partial charge is 0.336 e. The molecule has 6 heteroatoms. The van der Waals surface area contributed by atoms with Crippen LogP contribution in [0, 0.1) is 11.3 Å². The zero-order valence-corrected chi connectivity index (χ0v) is 19.0. The molecule has 0 amide bonds. The Labute approximate surface area is 203 Å². The summed E-state index contributed by atoms with van der Waals surface area (Å²) in [6.07, 6.45) is 2.00. The van der Waals surface area contributed by atoms with E-state index < -0.39 is 5.97 Å². The monoisotopic (exact) mass is 461 g/mol. The molecule has 2 heterocycles. The summed E-state index contributed by atoms with van der Waals surface area (Å²) in [5.74, 6) is -0.360. The number of nitriles is 1. The summed E-state index contributed by atoms with van der Waals surface area (Å²) in [7, 11) is 0. The number of aromatic carboxylic acids is 1. The summed E-state index contributed by atoms with van der Waals surface area (Å²) < 4.78 is 5.64. The Morgan fingerprint density at radius 2 is 1.77 bits per heavy atom. The van der Waals surface area contributed by atoms with E-state index in [-0.39, 0.29) is 6.61 Å². The molecular weight excluding hydrogens is 438 g/mol. The summed E-state index contributed by atoms with van der Waals surface area (Å²) in [6, 6.07) is 27.0. The quantitative estimate of drug-likeness (QED) is 0.414. The van der Waals surface area contributed by atoms with Crippen LogP contribution in [0.25, 0.3) is 22.6 Å². The van der Waals surface area contributed by atoms with Gasteiger partial charge in [0, 0.05) is 36.1 Å². The van der Waals surface area contributed by atoms with E-state index in [2.05, 4.69) is 17.0 Å². The number of carbonyl (C=O) groups is 1. The van der Waals surface area contributed by atoms with Crippen molar-refractivity contribution in [2.45, 2.75) is 13.1 Å². The lowest BCUT2D eigenvalue weighted by Crippen LogP contribution is -2.31.